The third-order valence-corrected chi connectivity index (χ3v) is 6.58. The highest BCUT2D eigenvalue weighted by molar-refractivity contribution is 7.89. The van der Waals surface area contributed by atoms with Crippen molar-refractivity contribution in [3.8, 4) is 0 Å². The molecule has 2 fully saturated rings. The summed E-state index contributed by atoms with van der Waals surface area (Å²) in [6, 6.07) is 6.94. The van der Waals surface area contributed by atoms with E-state index < -0.39 is 10.0 Å². The number of likely N-dealkylation sites (tertiary alicyclic amines) is 1. The zero-order valence-corrected chi connectivity index (χ0v) is 14.3. The monoisotopic (exact) mass is 337 g/mol. The largest absolute Gasteiger partial charge is 0.325 e. The fourth-order valence-corrected chi connectivity index (χ4v) is 4.50. The number of carbonyl (C=O) groups excluding carboxylic acids is 1. The third kappa shape index (κ3) is 3.41. The molecule has 2 aliphatic rings. The maximum atomic E-state index is 12.2. The van der Waals surface area contributed by atoms with Gasteiger partial charge in [-0.15, -0.1) is 0 Å². The molecule has 1 aliphatic carbocycles. The molecule has 6 nitrogen and oxygen atoms in total. The van der Waals surface area contributed by atoms with Crippen molar-refractivity contribution in [1.29, 1.82) is 0 Å². The summed E-state index contributed by atoms with van der Waals surface area (Å²) in [5, 5.41) is 2.82. The molecule has 1 aliphatic heterocycles. The van der Waals surface area contributed by atoms with Gasteiger partial charge in [0.05, 0.1) is 11.4 Å². The van der Waals surface area contributed by atoms with Gasteiger partial charge in [-0.3, -0.25) is 9.69 Å². The highest BCUT2D eigenvalue weighted by Gasteiger charge is 2.38. The quantitative estimate of drug-likeness (QED) is 0.881. The first-order valence-electron chi connectivity index (χ1n) is 7.93. The number of nitrogens with one attached hydrogen (secondary N) is 1. The van der Waals surface area contributed by atoms with Crippen LogP contribution in [0.4, 0.5) is 5.69 Å². The second-order valence-corrected chi connectivity index (χ2v) is 8.78. The molecule has 7 heteroatoms. The number of piperidine rings is 1. The van der Waals surface area contributed by atoms with Crippen molar-refractivity contribution in [2.45, 2.75) is 30.2 Å². The van der Waals surface area contributed by atoms with Crippen molar-refractivity contribution < 1.29 is 13.2 Å². The summed E-state index contributed by atoms with van der Waals surface area (Å²) in [7, 11) is -0.515. The van der Waals surface area contributed by atoms with E-state index in [-0.39, 0.29) is 10.8 Å². The number of rotatable bonds is 5. The molecular formula is C16H23N3O3S. The van der Waals surface area contributed by atoms with Crippen molar-refractivity contribution in [3.63, 3.8) is 0 Å². The standard InChI is InChI=1S/C16H23N3O3S/c1-18(2)23(21,22)15-5-3-4-13(9-15)17-16(20)11-19-10-12-6-7-14(19)8-12/h3-5,9,12,14H,6-8,10-11H2,1-2H3,(H,17,20). The van der Waals surface area contributed by atoms with Crippen molar-refractivity contribution in [2.24, 2.45) is 5.92 Å². The lowest BCUT2D eigenvalue weighted by Gasteiger charge is -2.25. The summed E-state index contributed by atoms with van der Waals surface area (Å²) in [5.41, 5.74) is 0.516. The normalized spacial score (nSPS) is 24.3. The lowest BCUT2D eigenvalue weighted by Crippen LogP contribution is -2.38. The summed E-state index contributed by atoms with van der Waals surface area (Å²) in [4.78, 5) is 14.6. The lowest BCUT2D eigenvalue weighted by atomic mass is 10.1. The summed E-state index contributed by atoms with van der Waals surface area (Å²) in [5.74, 6) is 0.665. The number of hydrogen-bond acceptors (Lipinski definition) is 4. The minimum atomic E-state index is -3.49. The van der Waals surface area contributed by atoms with Crippen LogP contribution < -0.4 is 5.32 Å². The Morgan fingerprint density at radius 2 is 2.13 bits per heavy atom. The van der Waals surface area contributed by atoms with Crippen LogP contribution >= 0.6 is 0 Å². The molecule has 1 N–H and O–H groups in total. The van der Waals surface area contributed by atoms with Gasteiger partial charge >= 0.3 is 0 Å². The number of amides is 1. The van der Waals surface area contributed by atoms with Gasteiger partial charge in [0, 0.05) is 32.4 Å². The Kier molecular flexibility index (Phi) is 4.44. The second-order valence-electron chi connectivity index (χ2n) is 6.63. The molecule has 0 radical (unpaired) electrons. The van der Waals surface area contributed by atoms with E-state index in [1.54, 1.807) is 12.1 Å². The van der Waals surface area contributed by atoms with Crippen molar-refractivity contribution in [1.82, 2.24) is 9.21 Å². The van der Waals surface area contributed by atoms with Crippen LogP contribution in [0.1, 0.15) is 19.3 Å². The minimum absolute atomic E-state index is 0.0862. The molecule has 2 atom stereocenters. The summed E-state index contributed by atoms with van der Waals surface area (Å²) in [6.45, 7) is 1.39. The smallest absolute Gasteiger partial charge is 0.242 e. The van der Waals surface area contributed by atoms with Crippen LogP contribution in [-0.4, -0.2) is 56.8 Å². The van der Waals surface area contributed by atoms with Crippen molar-refractivity contribution in [2.75, 3.05) is 32.5 Å². The fourth-order valence-electron chi connectivity index (χ4n) is 3.55. The summed E-state index contributed by atoms with van der Waals surface area (Å²) in [6.07, 6.45) is 3.69. The molecule has 3 rings (SSSR count). The predicted octanol–water partition coefficient (Wildman–Crippen LogP) is 1.36. The maximum Gasteiger partial charge on any atom is 0.242 e. The van der Waals surface area contributed by atoms with Gasteiger partial charge in [-0.05, 0) is 43.4 Å². The van der Waals surface area contributed by atoms with Gasteiger partial charge in [0.25, 0.3) is 0 Å². The van der Waals surface area contributed by atoms with Crippen LogP contribution in [0.25, 0.3) is 0 Å². The average molecular weight is 337 g/mol. The Labute approximate surface area is 137 Å². The molecule has 2 unspecified atom stereocenters. The van der Waals surface area contributed by atoms with Gasteiger partial charge in [-0.25, -0.2) is 12.7 Å². The molecule has 0 spiro atoms. The van der Waals surface area contributed by atoms with Gasteiger partial charge in [-0.2, -0.15) is 0 Å². The van der Waals surface area contributed by atoms with E-state index in [4.69, 9.17) is 0 Å². The molecule has 1 aromatic rings. The molecule has 0 aromatic heterocycles. The summed E-state index contributed by atoms with van der Waals surface area (Å²) >= 11 is 0. The first-order chi connectivity index (χ1) is 10.9. The molecule has 1 aromatic carbocycles. The Hall–Kier alpha value is -1.44. The zero-order chi connectivity index (χ0) is 16.6. The first kappa shape index (κ1) is 16.4. The number of fused-ring (bicyclic) bond motifs is 2. The molecule has 23 heavy (non-hydrogen) atoms. The maximum absolute atomic E-state index is 12.2. The molecule has 1 saturated carbocycles. The molecule has 1 saturated heterocycles. The average Bonchev–Trinajstić information content (AvgIpc) is 3.09. The minimum Gasteiger partial charge on any atom is -0.325 e. The first-order valence-corrected chi connectivity index (χ1v) is 9.37. The number of carbonyl (C=O) groups is 1. The molecular weight excluding hydrogens is 314 g/mol. The molecule has 1 amide bonds. The Balaban J connectivity index is 1.65. The van der Waals surface area contributed by atoms with Gasteiger partial charge in [0.15, 0.2) is 0 Å². The van der Waals surface area contributed by atoms with Crippen LogP contribution in [-0.2, 0) is 14.8 Å². The van der Waals surface area contributed by atoms with E-state index >= 15 is 0 Å². The van der Waals surface area contributed by atoms with E-state index in [0.29, 0.717) is 18.3 Å². The predicted molar refractivity (Wildman–Crippen MR) is 88.6 cm³/mol. The van der Waals surface area contributed by atoms with Crippen molar-refractivity contribution in [3.05, 3.63) is 24.3 Å². The Morgan fingerprint density at radius 1 is 1.35 bits per heavy atom. The topological polar surface area (TPSA) is 69.7 Å². The molecule has 126 valence electrons. The number of sulfonamides is 1. The fraction of sp³-hybridized carbons (Fsp3) is 0.562. The Bertz CT molecular complexity index is 702. The Morgan fingerprint density at radius 3 is 2.74 bits per heavy atom. The SMILES string of the molecule is CN(C)S(=O)(=O)c1cccc(NC(=O)CN2CC3CCC2C3)c1. The number of nitrogens with zero attached hydrogens (tertiary/aromatic N) is 2. The highest BCUT2D eigenvalue weighted by atomic mass is 32.2. The van der Waals surface area contributed by atoms with Crippen LogP contribution in [0, 0.1) is 5.92 Å². The van der Waals surface area contributed by atoms with Crippen molar-refractivity contribution >= 4 is 21.6 Å². The van der Waals surface area contributed by atoms with E-state index in [1.807, 2.05) is 0 Å². The van der Waals surface area contributed by atoms with E-state index in [1.165, 1.54) is 45.5 Å². The molecule has 1 heterocycles. The van der Waals surface area contributed by atoms with Gasteiger partial charge in [-0.1, -0.05) is 6.07 Å². The van der Waals surface area contributed by atoms with Crippen LogP contribution in [0.2, 0.25) is 0 Å². The number of benzene rings is 1. The van der Waals surface area contributed by atoms with Gasteiger partial charge in [0.2, 0.25) is 15.9 Å². The molecule has 2 bridgehead atoms. The van der Waals surface area contributed by atoms with Gasteiger partial charge in [0.1, 0.15) is 0 Å². The van der Waals surface area contributed by atoms with E-state index in [2.05, 4.69) is 10.2 Å². The second kappa shape index (κ2) is 6.22. The van der Waals surface area contributed by atoms with Crippen LogP contribution in [0.5, 0.6) is 0 Å². The zero-order valence-electron chi connectivity index (χ0n) is 13.5. The third-order valence-electron chi connectivity index (χ3n) is 4.77. The van der Waals surface area contributed by atoms with E-state index in [0.717, 1.165) is 16.8 Å². The highest BCUT2D eigenvalue weighted by Crippen LogP contribution is 2.37. The summed E-state index contributed by atoms with van der Waals surface area (Å²) < 4.78 is 25.4. The van der Waals surface area contributed by atoms with E-state index in [9.17, 15) is 13.2 Å². The van der Waals surface area contributed by atoms with Crippen LogP contribution in [0.3, 0.4) is 0 Å². The lowest BCUT2D eigenvalue weighted by molar-refractivity contribution is -0.117. The van der Waals surface area contributed by atoms with Crippen LogP contribution in [0.15, 0.2) is 29.2 Å². The number of anilines is 1. The number of hydrogen-bond donors (Lipinski definition) is 1. The van der Waals surface area contributed by atoms with Gasteiger partial charge < -0.3 is 5.32 Å².